The maximum Gasteiger partial charge on any atom is 0.244 e. The summed E-state index contributed by atoms with van der Waals surface area (Å²) in [5, 5.41) is 3.08. The quantitative estimate of drug-likeness (QED) is 0.833. The summed E-state index contributed by atoms with van der Waals surface area (Å²) < 4.78 is 18.4. The predicted molar refractivity (Wildman–Crippen MR) is 61.3 cm³/mol. The van der Waals surface area contributed by atoms with Crippen molar-refractivity contribution >= 4 is 5.91 Å². The number of benzene rings is 1. The minimum atomic E-state index is -0.528. The third-order valence-corrected chi connectivity index (χ3v) is 2.92. The lowest BCUT2D eigenvalue weighted by Gasteiger charge is -2.31. The van der Waals surface area contributed by atoms with Crippen LogP contribution in [0.15, 0.2) is 18.2 Å². The topological polar surface area (TPSA) is 41.6 Å². The number of hydrogen-bond acceptors (Lipinski definition) is 3. The number of halogens is 1. The smallest absolute Gasteiger partial charge is 0.244 e. The molecule has 1 fully saturated rings. The number of hydrogen-bond donors (Lipinski definition) is 1. The highest BCUT2D eigenvalue weighted by Crippen LogP contribution is 2.28. The molecular formula is C12H15FN2O2. The lowest BCUT2D eigenvalue weighted by molar-refractivity contribution is -0.134. The molecule has 5 heteroatoms. The van der Waals surface area contributed by atoms with E-state index < -0.39 is 6.04 Å². The van der Waals surface area contributed by atoms with E-state index >= 15 is 0 Å². The van der Waals surface area contributed by atoms with E-state index in [-0.39, 0.29) is 11.7 Å². The molecule has 1 amide bonds. The van der Waals surface area contributed by atoms with Crippen LogP contribution in [-0.4, -0.2) is 38.1 Å². The van der Waals surface area contributed by atoms with Crippen molar-refractivity contribution in [2.24, 2.45) is 0 Å². The zero-order valence-corrected chi connectivity index (χ0v) is 9.87. The molecule has 92 valence electrons. The zero-order chi connectivity index (χ0) is 12.4. The van der Waals surface area contributed by atoms with Crippen LogP contribution in [0.25, 0.3) is 0 Å². The standard InChI is InChI=1S/C12H15FN2O2/c1-15-6-5-14-11(12(15)16)9-7-8(13)3-4-10(9)17-2/h3-4,7,11,14H,5-6H2,1-2H3. The molecule has 0 radical (unpaired) electrons. The van der Waals surface area contributed by atoms with Gasteiger partial charge in [0, 0.05) is 25.7 Å². The molecule has 0 aliphatic carbocycles. The molecule has 1 aromatic carbocycles. The average molecular weight is 238 g/mol. The first kappa shape index (κ1) is 11.9. The molecule has 17 heavy (non-hydrogen) atoms. The van der Waals surface area contributed by atoms with Gasteiger partial charge in [-0.1, -0.05) is 0 Å². The summed E-state index contributed by atoms with van der Waals surface area (Å²) in [6.07, 6.45) is 0. The van der Waals surface area contributed by atoms with E-state index in [0.29, 0.717) is 24.4 Å². The number of piperazine rings is 1. The molecule has 1 aliphatic heterocycles. The fourth-order valence-corrected chi connectivity index (χ4v) is 1.97. The summed E-state index contributed by atoms with van der Waals surface area (Å²) in [6, 6.07) is 3.67. The Hall–Kier alpha value is -1.62. The lowest BCUT2D eigenvalue weighted by atomic mass is 10.0. The summed E-state index contributed by atoms with van der Waals surface area (Å²) in [7, 11) is 3.25. The zero-order valence-electron chi connectivity index (χ0n) is 9.87. The van der Waals surface area contributed by atoms with Gasteiger partial charge in [-0.05, 0) is 18.2 Å². The summed E-state index contributed by atoms with van der Waals surface area (Å²) in [5.74, 6) is 0.0799. The number of ether oxygens (including phenoxy) is 1. The minimum absolute atomic E-state index is 0.0693. The molecule has 4 nitrogen and oxygen atoms in total. The third-order valence-electron chi connectivity index (χ3n) is 2.92. The second-order valence-electron chi connectivity index (χ2n) is 4.03. The third kappa shape index (κ3) is 2.24. The van der Waals surface area contributed by atoms with Crippen LogP contribution in [0, 0.1) is 5.82 Å². The molecule has 1 heterocycles. The molecule has 0 saturated carbocycles. The van der Waals surface area contributed by atoms with Gasteiger partial charge in [-0.3, -0.25) is 4.79 Å². The number of rotatable bonds is 2. The molecule has 1 N–H and O–H groups in total. The molecule has 1 atom stereocenters. The van der Waals surface area contributed by atoms with E-state index in [1.807, 2.05) is 0 Å². The van der Waals surface area contributed by atoms with Gasteiger partial charge in [0.05, 0.1) is 7.11 Å². The van der Waals surface area contributed by atoms with E-state index in [0.717, 1.165) is 0 Å². The summed E-state index contributed by atoms with van der Waals surface area (Å²) in [4.78, 5) is 13.6. The highest BCUT2D eigenvalue weighted by Gasteiger charge is 2.29. The van der Waals surface area contributed by atoms with Crippen LogP contribution < -0.4 is 10.1 Å². The van der Waals surface area contributed by atoms with Gasteiger partial charge >= 0.3 is 0 Å². The van der Waals surface area contributed by atoms with Crippen molar-refractivity contribution < 1.29 is 13.9 Å². The van der Waals surface area contributed by atoms with Crippen molar-refractivity contribution in [1.29, 1.82) is 0 Å². The van der Waals surface area contributed by atoms with Crippen LogP contribution >= 0.6 is 0 Å². The Balaban J connectivity index is 2.38. The number of methoxy groups -OCH3 is 1. The highest BCUT2D eigenvalue weighted by molar-refractivity contribution is 5.84. The van der Waals surface area contributed by atoms with Crippen molar-refractivity contribution in [1.82, 2.24) is 10.2 Å². The summed E-state index contributed by atoms with van der Waals surface area (Å²) in [5.41, 5.74) is 0.545. The van der Waals surface area contributed by atoms with Crippen LogP contribution in [0.2, 0.25) is 0 Å². The van der Waals surface area contributed by atoms with Crippen molar-refractivity contribution in [3.05, 3.63) is 29.6 Å². The van der Waals surface area contributed by atoms with Gasteiger partial charge in [-0.15, -0.1) is 0 Å². The first-order valence-corrected chi connectivity index (χ1v) is 5.45. The first-order valence-electron chi connectivity index (χ1n) is 5.45. The van der Waals surface area contributed by atoms with Crippen LogP contribution in [0.5, 0.6) is 5.75 Å². The van der Waals surface area contributed by atoms with Gasteiger partial charge in [0.25, 0.3) is 0 Å². The number of carbonyl (C=O) groups is 1. The molecule has 0 aromatic heterocycles. The Bertz CT molecular complexity index is 437. The van der Waals surface area contributed by atoms with E-state index in [1.165, 1.54) is 25.3 Å². The molecule has 1 saturated heterocycles. The second-order valence-corrected chi connectivity index (χ2v) is 4.03. The van der Waals surface area contributed by atoms with Gasteiger partial charge in [0.1, 0.15) is 17.6 Å². The monoisotopic (exact) mass is 238 g/mol. The maximum atomic E-state index is 13.3. The number of likely N-dealkylation sites (N-methyl/N-ethyl adjacent to an activating group) is 1. The van der Waals surface area contributed by atoms with E-state index in [9.17, 15) is 9.18 Å². The predicted octanol–water partition coefficient (Wildman–Crippen LogP) is 0.937. The largest absolute Gasteiger partial charge is 0.496 e. The first-order chi connectivity index (χ1) is 8.13. The minimum Gasteiger partial charge on any atom is -0.496 e. The second kappa shape index (κ2) is 4.71. The Morgan fingerprint density at radius 1 is 1.53 bits per heavy atom. The van der Waals surface area contributed by atoms with Crippen molar-refractivity contribution in [3.8, 4) is 5.75 Å². The Labute approximate surface area is 99.4 Å². The highest BCUT2D eigenvalue weighted by atomic mass is 19.1. The molecule has 1 aliphatic rings. The van der Waals surface area contributed by atoms with Gasteiger partial charge in [-0.2, -0.15) is 0 Å². The number of carbonyl (C=O) groups excluding carboxylic acids is 1. The number of amides is 1. The van der Waals surface area contributed by atoms with Gasteiger partial charge in [0.15, 0.2) is 0 Å². The van der Waals surface area contributed by atoms with Gasteiger partial charge in [-0.25, -0.2) is 4.39 Å². The Morgan fingerprint density at radius 2 is 2.29 bits per heavy atom. The molecule has 2 rings (SSSR count). The van der Waals surface area contributed by atoms with E-state index in [1.54, 1.807) is 11.9 Å². The lowest BCUT2D eigenvalue weighted by Crippen LogP contribution is -2.48. The van der Waals surface area contributed by atoms with E-state index in [2.05, 4.69) is 5.32 Å². The average Bonchev–Trinajstić information content (AvgIpc) is 2.33. The maximum absolute atomic E-state index is 13.3. The SMILES string of the molecule is COc1ccc(F)cc1C1NCCN(C)C1=O. The Kier molecular flexibility index (Phi) is 3.28. The summed E-state index contributed by atoms with van der Waals surface area (Å²) in [6.45, 7) is 1.35. The van der Waals surface area contributed by atoms with E-state index in [4.69, 9.17) is 4.74 Å². The van der Waals surface area contributed by atoms with Crippen molar-refractivity contribution in [2.75, 3.05) is 27.2 Å². The molecular weight excluding hydrogens is 223 g/mol. The van der Waals surface area contributed by atoms with Crippen LogP contribution in [0.3, 0.4) is 0 Å². The normalized spacial score (nSPS) is 20.5. The fraction of sp³-hybridized carbons (Fsp3) is 0.417. The molecule has 0 spiro atoms. The van der Waals surface area contributed by atoms with Gasteiger partial charge in [0.2, 0.25) is 5.91 Å². The van der Waals surface area contributed by atoms with Crippen LogP contribution in [0.1, 0.15) is 11.6 Å². The number of nitrogens with zero attached hydrogens (tertiary/aromatic N) is 1. The Morgan fingerprint density at radius 3 is 3.00 bits per heavy atom. The summed E-state index contributed by atoms with van der Waals surface area (Å²) >= 11 is 0. The van der Waals surface area contributed by atoms with Crippen LogP contribution in [0.4, 0.5) is 4.39 Å². The molecule has 1 aromatic rings. The van der Waals surface area contributed by atoms with Crippen molar-refractivity contribution in [2.45, 2.75) is 6.04 Å². The van der Waals surface area contributed by atoms with Crippen LogP contribution in [-0.2, 0) is 4.79 Å². The molecule has 0 bridgehead atoms. The van der Waals surface area contributed by atoms with Gasteiger partial charge < -0.3 is 15.0 Å². The molecule has 1 unspecified atom stereocenters. The number of nitrogens with one attached hydrogen (secondary N) is 1. The fourth-order valence-electron chi connectivity index (χ4n) is 1.97. The van der Waals surface area contributed by atoms with Crippen molar-refractivity contribution in [3.63, 3.8) is 0 Å².